The topological polar surface area (TPSA) is 157 Å². The highest BCUT2D eigenvalue weighted by atomic mass is 32.2. The molecule has 0 bridgehead atoms. The molecule has 670 valence electrons. The molecule has 130 heavy (non-hydrogen) atoms. The molecule has 15 aromatic carbocycles. The Morgan fingerprint density at radius 2 is 0.223 bits per heavy atom. The van der Waals surface area contributed by atoms with E-state index >= 15 is 0 Å². The highest BCUT2D eigenvalue weighted by Crippen LogP contribution is 2.41. The van der Waals surface area contributed by atoms with Crippen LogP contribution in [0.2, 0.25) is 0 Å². The normalized spacial score (nSPS) is 11.7. The first-order chi connectivity index (χ1) is 61.7. The van der Waals surface area contributed by atoms with E-state index in [4.69, 9.17) is 28.4 Å². The molecule has 15 aromatic rings. The molecule has 0 saturated carbocycles. The summed E-state index contributed by atoms with van der Waals surface area (Å²) >= 11 is 0. The van der Waals surface area contributed by atoms with Crippen LogP contribution in [0.5, 0.6) is 63.2 Å². The van der Waals surface area contributed by atoms with Crippen LogP contribution in [-0.4, -0.2) is 59.1 Å². The van der Waals surface area contributed by atoms with Crippen LogP contribution in [0.1, 0.15) is 125 Å². The van der Waals surface area contributed by atoms with Gasteiger partial charge in [0.1, 0.15) is 96.9 Å². The van der Waals surface area contributed by atoms with Crippen molar-refractivity contribution in [1.82, 2.24) is 0 Å². The van der Waals surface area contributed by atoms with E-state index < -0.39 is 0 Å². The Morgan fingerprint density at radius 1 is 0.131 bits per heavy atom. The van der Waals surface area contributed by atoms with Crippen molar-refractivity contribution in [1.29, 1.82) is 0 Å². The summed E-state index contributed by atoms with van der Waals surface area (Å²) in [6.45, 7) is 37.2. The summed E-state index contributed by atoms with van der Waals surface area (Å²) < 4.78 is 36.1. The Labute approximate surface area is 785 Å². The molecule has 0 radical (unpaired) electrons. The predicted octanol–water partition coefficient (Wildman–Crippen LogP) is 29.5. The molecule has 5 N–H and O–H groups in total. The quantitative estimate of drug-likeness (QED) is 0.0437. The molecule has 0 aliphatic carbocycles. The number of phenolic OH excluding ortho intramolecular Hbond substituents is 5. The molecule has 0 unspecified atom stereocenters. The fraction of sp³-hybridized carbons (Fsp3) is 0.211. The van der Waals surface area contributed by atoms with Crippen molar-refractivity contribution in [3.8, 4) is 63.2 Å². The Morgan fingerprint density at radius 3 is 0.323 bits per heavy atom. The lowest BCUT2D eigenvalue weighted by Gasteiger charge is -2.22. The number of ether oxygens (including phenoxy) is 6. The SMILES string of the molecule is CC(C)(C)Oc1ccc([S+](c2ccc(OC(C)(C)C)cc2)c2ccc(OC(C)(C)C)cc2)cc1.CC(C)(C)Oc1ccc([S+](c2ccccc2)c2ccc(OC(C)(C)C)cc2)cc1.CC(C)(C)Oc1ccc([S+](c2ccccc2)c2ccccc2)cc1.Oc1ccc([S+](c2ccc(O)cc2)c2ccc(O)cc2)cc1.Oc1ccc([S+](c2ccccc2)c2ccc(O)cc2)cc1. The number of hydrogen-bond acceptors (Lipinski definition) is 11. The van der Waals surface area contributed by atoms with Gasteiger partial charge in [0.2, 0.25) is 0 Å². The van der Waals surface area contributed by atoms with E-state index in [9.17, 15) is 25.5 Å². The number of aromatic hydroxyl groups is 5. The largest absolute Gasteiger partial charge is 0.508 e. The summed E-state index contributed by atoms with van der Waals surface area (Å²) in [5.41, 5.74) is -1.27. The highest BCUT2D eigenvalue weighted by Gasteiger charge is 2.35. The molecule has 11 nitrogen and oxygen atoms in total. The van der Waals surface area contributed by atoms with Gasteiger partial charge in [-0.3, -0.25) is 0 Å². The van der Waals surface area contributed by atoms with E-state index in [1.165, 1.54) is 49.0 Å². The van der Waals surface area contributed by atoms with Crippen LogP contribution in [0.4, 0.5) is 0 Å². The van der Waals surface area contributed by atoms with E-state index in [1.807, 2.05) is 78.9 Å². The summed E-state index contributed by atoms with van der Waals surface area (Å²) in [5, 5.41) is 47.4. The summed E-state index contributed by atoms with van der Waals surface area (Å²) in [6, 6.07) is 129. The molecule has 16 heteroatoms. The van der Waals surface area contributed by atoms with Crippen LogP contribution in [0.15, 0.2) is 462 Å². The maximum atomic E-state index is 9.49. The number of benzene rings is 15. The van der Waals surface area contributed by atoms with E-state index in [-0.39, 0.29) is 117 Å². The maximum absolute atomic E-state index is 9.49. The second-order valence-corrected chi connectivity index (χ2v) is 46.5. The molecule has 0 fully saturated rings. The Bertz CT molecular complexity index is 5490. The molecule has 15 rings (SSSR count). The standard InChI is InChI=1S/C30H39O3S.C26H31O2S.C22H23OS.C18H14O3S.C18H14O2S/c1-28(2,3)31-22-10-16-25(17-11-22)34(26-18-12-23(13-19-26)32-29(4,5)6)27-20-14-24(15-21-27)33-30(7,8)9;1-25(2,3)27-20-12-16-23(17-13-20)29(22-10-8-7-9-11-22)24-18-14-21(15-19-24)28-26(4,5)6;1-22(2,3)23-18-14-16-21(17-15-18)24(19-10-6-4-7-11-19)20-12-8-5-9-13-20;19-13-1-7-16(8-2-13)22(17-9-3-14(20)4-10-17)18-11-5-15(21)6-12-18;19-14-6-10-17(11-7-14)21(16-4-2-1-3-5-16)18-12-8-15(20)9-13-18/h10-21H,1-9H3;7-19H,1-6H3;4-17H,1-3H3;1-12H,(H2-,19,20,21);1-13H,(H-,19,20)/q3*+1;;/p+2. The molecule has 0 atom stereocenters. The van der Waals surface area contributed by atoms with Crippen LogP contribution in [0.3, 0.4) is 0 Å². The first kappa shape index (κ1) is 98.4. The second kappa shape index (κ2) is 44.9. The zero-order chi connectivity index (χ0) is 93.4. The summed E-state index contributed by atoms with van der Waals surface area (Å²) in [6.07, 6.45) is 0. The number of rotatable bonds is 21. The molecule has 0 aromatic heterocycles. The van der Waals surface area contributed by atoms with Gasteiger partial charge in [-0.2, -0.15) is 0 Å². The molecular weight excluding hydrogens is 1710 g/mol. The van der Waals surface area contributed by atoms with Crippen molar-refractivity contribution in [2.24, 2.45) is 0 Å². The van der Waals surface area contributed by atoms with Crippen LogP contribution in [-0.2, 0) is 54.5 Å². The third-order valence-electron chi connectivity index (χ3n) is 18.2. The van der Waals surface area contributed by atoms with Crippen molar-refractivity contribution >= 4 is 54.5 Å². The minimum atomic E-state index is -0.373. The van der Waals surface area contributed by atoms with Gasteiger partial charge in [-0.05, 0) is 440 Å². The van der Waals surface area contributed by atoms with Crippen molar-refractivity contribution in [3.63, 3.8) is 0 Å². The lowest BCUT2D eigenvalue weighted by molar-refractivity contribution is 0.130. The maximum Gasteiger partial charge on any atom is 0.166 e. The van der Waals surface area contributed by atoms with Crippen molar-refractivity contribution in [3.05, 3.63) is 388 Å². The minimum Gasteiger partial charge on any atom is -0.508 e. The van der Waals surface area contributed by atoms with Gasteiger partial charge in [-0.1, -0.05) is 72.8 Å². The average Bonchev–Trinajstić information content (AvgIpc) is 0.694. The summed E-state index contributed by atoms with van der Waals surface area (Å²) in [5.74, 6) is 6.54. The van der Waals surface area contributed by atoms with Gasteiger partial charge in [-0.25, -0.2) is 0 Å². The summed E-state index contributed by atoms with van der Waals surface area (Å²) in [7, 11) is -1.19. The van der Waals surface area contributed by atoms with E-state index in [0.29, 0.717) is 0 Å². The van der Waals surface area contributed by atoms with E-state index in [2.05, 4.69) is 373 Å². The van der Waals surface area contributed by atoms with E-state index in [1.54, 1.807) is 60.7 Å². The smallest absolute Gasteiger partial charge is 0.166 e. The van der Waals surface area contributed by atoms with Gasteiger partial charge < -0.3 is 54.0 Å². The zero-order valence-electron chi connectivity index (χ0n) is 77.7. The monoisotopic (exact) mass is 1830 g/mol. The van der Waals surface area contributed by atoms with Gasteiger partial charge in [0.15, 0.2) is 73.4 Å². The van der Waals surface area contributed by atoms with Crippen LogP contribution >= 0.6 is 0 Å². The average molecular weight is 1830 g/mol. The molecule has 0 aliphatic rings. The van der Waals surface area contributed by atoms with Gasteiger partial charge in [-0.15, -0.1) is 0 Å². The third-order valence-corrected chi connectivity index (χ3v) is 29.3. The van der Waals surface area contributed by atoms with Gasteiger partial charge in [0, 0.05) is 0 Å². The lowest BCUT2D eigenvalue weighted by atomic mass is 10.2. The fourth-order valence-corrected chi connectivity index (χ4v) is 23.5. The molecule has 0 aliphatic heterocycles. The van der Waals surface area contributed by atoms with Crippen molar-refractivity contribution in [2.45, 2.75) is 232 Å². The van der Waals surface area contributed by atoms with Crippen LogP contribution in [0.25, 0.3) is 0 Å². The predicted molar refractivity (Wildman–Crippen MR) is 538 cm³/mol. The first-order valence-electron chi connectivity index (χ1n) is 43.3. The lowest BCUT2D eigenvalue weighted by Crippen LogP contribution is -2.23. The van der Waals surface area contributed by atoms with Crippen molar-refractivity contribution < 1.29 is 54.0 Å². The van der Waals surface area contributed by atoms with Crippen molar-refractivity contribution in [2.75, 3.05) is 0 Å². The molecular formula is C114H123O11S5+5. The Balaban J connectivity index is 0.000000159. The number of hydrogen-bond donors (Lipinski definition) is 5. The fourth-order valence-electron chi connectivity index (χ4n) is 13.2. The number of phenols is 5. The minimum absolute atomic E-state index is 0.102. The van der Waals surface area contributed by atoms with Gasteiger partial charge in [0.05, 0.1) is 54.5 Å². The van der Waals surface area contributed by atoms with Crippen LogP contribution < -0.4 is 28.4 Å². The first-order valence-corrected chi connectivity index (χ1v) is 49.4. The zero-order valence-corrected chi connectivity index (χ0v) is 81.8. The molecule has 0 amide bonds. The molecule has 0 saturated heterocycles. The Kier molecular flexibility index (Phi) is 34.0. The highest BCUT2D eigenvalue weighted by molar-refractivity contribution is 7.98. The summed E-state index contributed by atoms with van der Waals surface area (Å²) in [4.78, 5) is 18.1. The molecule has 0 heterocycles. The van der Waals surface area contributed by atoms with Gasteiger partial charge in [0.25, 0.3) is 0 Å². The van der Waals surface area contributed by atoms with Gasteiger partial charge >= 0.3 is 0 Å². The molecule has 0 spiro atoms. The van der Waals surface area contributed by atoms with Crippen LogP contribution in [0, 0.1) is 0 Å². The Hall–Kier alpha value is -12.2. The second-order valence-electron chi connectivity index (χ2n) is 36.4. The third kappa shape index (κ3) is 31.6. The van der Waals surface area contributed by atoms with E-state index in [0.717, 1.165) is 59.0 Å².